The average molecular weight is 305 g/mol. The van der Waals surface area contributed by atoms with Gasteiger partial charge in [0.15, 0.2) is 0 Å². The van der Waals surface area contributed by atoms with Gasteiger partial charge in [-0.05, 0) is 64.2 Å². The number of carbonyl (C=O) groups excluding carboxylic acids is 1. The molecule has 1 aromatic carbocycles. The maximum Gasteiger partial charge on any atom is 0.410 e. The Morgan fingerprint density at radius 3 is 2.50 bits per heavy atom. The number of benzene rings is 1. The molecule has 2 rings (SSSR count). The second kappa shape index (κ2) is 7.03. The van der Waals surface area contributed by atoms with Gasteiger partial charge in [0.25, 0.3) is 0 Å². The minimum Gasteiger partial charge on any atom is -0.497 e. The van der Waals surface area contributed by atoms with Gasteiger partial charge >= 0.3 is 6.09 Å². The zero-order valence-corrected chi connectivity index (χ0v) is 14.1. The molecule has 122 valence electrons. The van der Waals surface area contributed by atoms with Crippen LogP contribution in [0, 0.1) is 0 Å². The van der Waals surface area contributed by atoms with Crippen molar-refractivity contribution in [3.8, 4) is 5.75 Å². The number of amides is 1. The van der Waals surface area contributed by atoms with E-state index in [1.165, 1.54) is 12.0 Å². The third-order valence-electron chi connectivity index (χ3n) is 3.89. The number of likely N-dealkylation sites (tertiary alicyclic amines) is 1. The van der Waals surface area contributed by atoms with Crippen molar-refractivity contribution in [2.24, 2.45) is 0 Å². The van der Waals surface area contributed by atoms with E-state index in [4.69, 9.17) is 9.47 Å². The number of hydrogen-bond acceptors (Lipinski definition) is 3. The number of hydrogen-bond donors (Lipinski definition) is 0. The average Bonchev–Trinajstić information content (AvgIpc) is 2.47. The molecule has 4 heteroatoms. The lowest BCUT2D eigenvalue weighted by molar-refractivity contribution is 0.00995. The molecule has 1 amide bonds. The molecule has 0 aromatic heterocycles. The Balaban J connectivity index is 2.04. The van der Waals surface area contributed by atoms with E-state index in [-0.39, 0.29) is 12.1 Å². The lowest BCUT2D eigenvalue weighted by Gasteiger charge is -2.37. The lowest BCUT2D eigenvalue weighted by atomic mass is 9.96. The number of rotatable bonds is 3. The second-order valence-corrected chi connectivity index (χ2v) is 6.88. The highest BCUT2D eigenvalue weighted by molar-refractivity contribution is 5.68. The molecule has 1 saturated heterocycles. The van der Waals surface area contributed by atoms with Crippen LogP contribution in [0.4, 0.5) is 4.79 Å². The fraction of sp³-hybridized carbons (Fsp3) is 0.611. The maximum absolute atomic E-state index is 12.4. The first-order valence-corrected chi connectivity index (χ1v) is 8.01. The van der Waals surface area contributed by atoms with Crippen molar-refractivity contribution in [1.82, 2.24) is 4.90 Å². The largest absolute Gasteiger partial charge is 0.497 e. The van der Waals surface area contributed by atoms with Gasteiger partial charge in [-0.2, -0.15) is 0 Å². The van der Waals surface area contributed by atoms with Crippen LogP contribution in [0.15, 0.2) is 24.3 Å². The van der Waals surface area contributed by atoms with Crippen LogP contribution in [0.3, 0.4) is 0 Å². The van der Waals surface area contributed by atoms with Crippen molar-refractivity contribution in [2.45, 2.75) is 58.1 Å². The van der Waals surface area contributed by atoms with Gasteiger partial charge in [0, 0.05) is 12.6 Å². The first-order chi connectivity index (χ1) is 10.4. The molecule has 4 nitrogen and oxygen atoms in total. The molecule has 0 aliphatic carbocycles. The Labute approximate surface area is 133 Å². The van der Waals surface area contributed by atoms with Crippen LogP contribution in [-0.2, 0) is 11.2 Å². The van der Waals surface area contributed by atoms with E-state index in [1.807, 2.05) is 37.8 Å². The van der Waals surface area contributed by atoms with Crippen molar-refractivity contribution >= 4 is 6.09 Å². The smallest absolute Gasteiger partial charge is 0.410 e. The zero-order chi connectivity index (χ0) is 16.2. The normalized spacial score (nSPS) is 18.9. The van der Waals surface area contributed by atoms with Crippen molar-refractivity contribution in [1.29, 1.82) is 0 Å². The van der Waals surface area contributed by atoms with Crippen molar-refractivity contribution in [2.75, 3.05) is 13.7 Å². The summed E-state index contributed by atoms with van der Waals surface area (Å²) in [6.07, 6.45) is 3.93. The summed E-state index contributed by atoms with van der Waals surface area (Å²) in [5.41, 5.74) is 0.778. The first kappa shape index (κ1) is 16.7. The summed E-state index contributed by atoms with van der Waals surface area (Å²) >= 11 is 0. The Morgan fingerprint density at radius 2 is 1.91 bits per heavy atom. The SMILES string of the molecule is COc1ccc(CC2CCCCN2C(=O)OC(C)(C)C)cc1. The standard InChI is InChI=1S/C18H27NO3/c1-18(2,3)22-17(20)19-12-6-5-7-15(19)13-14-8-10-16(21-4)11-9-14/h8-11,15H,5-7,12-13H2,1-4H3. The summed E-state index contributed by atoms with van der Waals surface area (Å²) in [5, 5.41) is 0. The molecule has 1 heterocycles. The summed E-state index contributed by atoms with van der Waals surface area (Å²) in [5.74, 6) is 0.858. The molecule has 0 saturated carbocycles. The lowest BCUT2D eigenvalue weighted by Crippen LogP contribution is -2.47. The van der Waals surface area contributed by atoms with Gasteiger partial charge in [0.1, 0.15) is 11.4 Å². The van der Waals surface area contributed by atoms with Gasteiger partial charge in [-0.25, -0.2) is 4.79 Å². The third-order valence-corrected chi connectivity index (χ3v) is 3.89. The molecule has 0 radical (unpaired) electrons. The molecular weight excluding hydrogens is 278 g/mol. The molecule has 0 spiro atoms. The minimum atomic E-state index is -0.445. The summed E-state index contributed by atoms with van der Waals surface area (Å²) < 4.78 is 10.7. The van der Waals surface area contributed by atoms with E-state index in [9.17, 15) is 4.79 Å². The maximum atomic E-state index is 12.4. The van der Waals surface area contributed by atoms with Crippen LogP contribution in [0.5, 0.6) is 5.75 Å². The molecule has 1 unspecified atom stereocenters. The summed E-state index contributed by atoms with van der Waals surface area (Å²) in [6.45, 7) is 6.52. The number of carbonyl (C=O) groups is 1. The number of ether oxygens (including phenoxy) is 2. The van der Waals surface area contributed by atoms with Crippen molar-refractivity contribution < 1.29 is 14.3 Å². The summed E-state index contributed by atoms with van der Waals surface area (Å²) in [7, 11) is 1.67. The predicted molar refractivity (Wildman–Crippen MR) is 87.3 cm³/mol. The van der Waals surface area contributed by atoms with Gasteiger partial charge in [-0.1, -0.05) is 12.1 Å². The number of nitrogens with zero attached hydrogens (tertiary/aromatic N) is 1. The molecule has 1 fully saturated rings. The Bertz CT molecular complexity index is 490. The zero-order valence-electron chi connectivity index (χ0n) is 14.1. The quantitative estimate of drug-likeness (QED) is 0.846. The van der Waals surface area contributed by atoms with Crippen LogP contribution in [-0.4, -0.2) is 36.3 Å². The van der Waals surface area contributed by atoms with Gasteiger partial charge < -0.3 is 14.4 Å². The molecule has 1 aromatic rings. The van der Waals surface area contributed by atoms with Crippen LogP contribution < -0.4 is 4.74 Å². The van der Waals surface area contributed by atoms with Gasteiger partial charge in [-0.3, -0.25) is 0 Å². The molecule has 0 bridgehead atoms. The molecular formula is C18H27NO3. The Morgan fingerprint density at radius 1 is 1.23 bits per heavy atom. The molecule has 1 atom stereocenters. The van der Waals surface area contributed by atoms with E-state index in [2.05, 4.69) is 12.1 Å². The van der Waals surface area contributed by atoms with Crippen LogP contribution in [0.2, 0.25) is 0 Å². The first-order valence-electron chi connectivity index (χ1n) is 8.01. The summed E-state index contributed by atoms with van der Waals surface area (Å²) in [6, 6.07) is 8.30. The van der Waals surface area contributed by atoms with E-state index in [0.29, 0.717) is 0 Å². The van der Waals surface area contributed by atoms with E-state index in [0.717, 1.165) is 31.6 Å². The highest BCUT2D eigenvalue weighted by atomic mass is 16.6. The van der Waals surface area contributed by atoms with E-state index in [1.54, 1.807) is 7.11 Å². The fourth-order valence-corrected chi connectivity index (χ4v) is 2.81. The Hall–Kier alpha value is -1.71. The molecule has 0 N–H and O–H groups in total. The van der Waals surface area contributed by atoms with Gasteiger partial charge in [-0.15, -0.1) is 0 Å². The second-order valence-electron chi connectivity index (χ2n) is 6.88. The summed E-state index contributed by atoms with van der Waals surface area (Å²) in [4.78, 5) is 14.3. The topological polar surface area (TPSA) is 38.8 Å². The fourth-order valence-electron chi connectivity index (χ4n) is 2.81. The van der Waals surface area contributed by atoms with Crippen LogP contribution in [0.25, 0.3) is 0 Å². The van der Waals surface area contributed by atoms with Crippen molar-refractivity contribution in [3.63, 3.8) is 0 Å². The van der Waals surface area contributed by atoms with Gasteiger partial charge in [0.2, 0.25) is 0 Å². The molecule has 22 heavy (non-hydrogen) atoms. The third kappa shape index (κ3) is 4.65. The minimum absolute atomic E-state index is 0.189. The highest BCUT2D eigenvalue weighted by Crippen LogP contribution is 2.24. The van der Waals surface area contributed by atoms with Crippen LogP contribution in [0.1, 0.15) is 45.6 Å². The van der Waals surface area contributed by atoms with Gasteiger partial charge in [0.05, 0.1) is 7.11 Å². The molecule has 1 aliphatic heterocycles. The monoisotopic (exact) mass is 305 g/mol. The van der Waals surface area contributed by atoms with Crippen molar-refractivity contribution in [3.05, 3.63) is 29.8 Å². The predicted octanol–water partition coefficient (Wildman–Crippen LogP) is 4.03. The number of piperidine rings is 1. The molecule has 1 aliphatic rings. The highest BCUT2D eigenvalue weighted by Gasteiger charge is 2.30. The Kier molecular flexibility index (Phi) is 5.33. The van der Waals surface area contributed by atoms with E-state index < -0.39 is 5.60 Å². The van der Waals surface area contributed by atoms with E-state index >= 15 is 0 Å². The van der Waals surface area contributed by atoms with Crippen LogP contribution >= 0.6 is 0 Å². The number of methoxy groups -OCH3 is 1.